The largest absolute Gasteiger partial charge is 0.456 e. The molecular formula is C55H42N2OS2. The van der Waals surface area contributed by atoms with Crippen molar-refractivity contribution in [2.75, 3.05) is 9.80 Å². The lowest BCUT2D eigenvalue weighted by Crippen LogP contribution is -2.27. The Morgan fingerprint density at radius 2 is 1.22 bits per heavy atom. The minimum Gasteiger partial charge on any atom is -0.456 e. The maximum absolute atomic E-state index is 6.30. The third kappa shape index (κ3) is 5.06. The summed E-state index contributed by atoms with van der Waals surface area (Å²) >= 11 is 4.17. The van der Waals surface area contributed by atoms with E-state index in [0.717, 1.165) is 45.4 Å². The zero-order valence-corrected chi connectivity index (χ0v) is 35.1. The van der Waals surface area contributed by atoms with Gasteiger partial charge in [-0.25, -0.2) is 0 Å². The van der Waals surface area contributed by atoms with Gasteiger partial charge in [0.05, 0.1) is 12.1 Å². The molecule has 60 heavy (non-hydrogen) atoms. The lowest BCUT2D eigenvalue weighted by atomic mass is 9.75. The van der Waals surface area contributed by atoms with Gasteiger partial charge in [-0.15, -0.1) is 23.5 Å². The van der Waals surface area contributed by atoms with Crippen molar-refractivity contribution in [1.29, 1.82) is 0 Å². The molecular weight excluding hydrogens is 769 g/mol. The number of allylic oxidation sites excluding steroid dienone is 4. The maximum atomic E-state index is 6.30. The van der Waals surface area contributed by atoms with Gasteiger partial charge in [-0.2, -0.15) is 0 Å². The van der Waals surface area contributed by atoms with Gasteiger partial charge in [0.2, 0.25) is 0 Å². The van der Waals surface area contributed by atoms with Gasteiger partial charge >= 0.3 is 0 Å². The molecule has 0 saturated carbocycles. The second kappa shape index (κ2) is 13.1. The van der Waals surface area contributed by atoms with Crippen LogP contribution < -0.4 is 9.80 Å². The van der Waals surface area contributed by atoms with Crippen molar-refractivity contribution >= 4 is 73.8 Å². The molecule has 3 aliphatic heterocycles. The molecule has 5 heteroatoms. The van der Waals surface area contributed by atoms with Crippen LogP contribution in [0.3, 0.4) is 0 Å². The van der Waals surface area contributed by atoms with Crippen molar-refractivity contribution < 1.29 is 4.42 Å². The summed E-state index contributed by atoms with van der Waals surface area (Å²) in [5, 5.41) is 3.24. The van der Waals surface area contributed by atoms with Crippen molar-refractivity contribution in [3.8, 4) is 11.1 Å². The fraction of sp³-hybridized carbons (Fsp3) is 0.164. The number of para-hydroxylation sites is 1. The van der Waals surface area contributed by atoms with Crippen LogP contribution in [-0.4, -0.2) is 10.5 Å². The first-order valence-corrected chi connectivity index (χ1v) is 23.0. The van der Waals surface area contributed by atoms with E-state index in [1.54, 1.807) is 0 Å². The lowest BCUT2D eigenvalue weighted by molar-refractivity contribution is 0.414. The van der Waals surface area contributed by atoms with Crippen molar-refractivity contribution in [3.05, 3.63) is 198 Å². The van der Waals surface area contributed by atoms with Crippen molar-refractivity contribution in [2.45, 2.75) is 58.1 Å². The van der Waals surface area contributed by atoms with Crippen molar-refractivity contribution in [3.63, 3.8) is 0 Å². The summed E-state index contributed by atoms with van der Waals surface area (Å²) in [4.78, 5) is 8.01. The highest BCUT2D eigenvalue weighted by atomic mass is 32.2. The first-order chi connectivity index (χ1) is 29.5. The van der Waals surface area contributed by atoms with Crippen molar-refractivity contribution in [2.24, 2.45) is 5.92 Å². The van der Waals surface area contributed by atoms with E-state index in [-0.39, 0.29) is 5.41 Å². The number of anilines is 4. The molecule has 5 atom stereocenters. The van der Waals surface area contributed by atoms with Crippen LogP contribution in [0, 0.1) is 5.92 Å². The summed E-state index contributed by atoms with van der Waals surface area (Å²) in [5.41, 5.74) is 16.3. The van der Waals surface area contributed by atoms with Gasteiger partial charge < -0.3 is 14.2 Å². The summed E-state index contributed by atoms with van der Waals surface area (Å²) in [6.07, 6.45) is 8.01. The second-order valence-electron chi connectivity index (χ2n) is 17.5. The van der Waals surface area contributed by atoms with E-state index in [4.69, 9.17) is 4.42 Å². The molecule has 1 aromatic heterocycles. The lowest BCUT2D eigenvalue weighted by Gasteiger charge is -2.33. The SMILES string of the molecule is CC1(C)c2ccc(-c3ccc(N(c4ccc(N5C6c7ccccc7SC6C6Sc7ccccc7C65)cc4)c4ccc5oc6ccccc6c5c4)cc3)cc2C2=CC=CCC21. The van der Waals surface area contributed by atoms with E-state index in [1.807, 2.05) is 6.07 Å². The third-order valence-electron chi connectivity index (χ3n) is 14.1. The topological polar surface area (TPSA) is 19.6 Å². The number of fused-ring (bicyclic) bond motifs is 13. The number of benzene rings is 7. The van der Waals surface area contributed by atoms with Crippen molar-refractivity contribution in [1.82, 2.24) is 0 Å². The number of nitrogens with zero attached hydrogens (tertiary/aromatic N) is 2. The first-order valence-electron chi connectivity index (χ1n) is 21.2. The van der Waals surface area contributed by atoms with Crippen LogP contribution in [0.15, 0.2) is 190 Å². The van der Waals surface area contributed by atoms with Crippen LogP contribution in [-0.2, 0) is 5.41 Å². The molecule has 2 aliphatic carbocycles. The Kier molecular flexibility index (Phi) is 7.60. The Bertz CT molecular complexity index is 3040. The summed E-state index contributed by atoms with van der Waals surface area (Å²) in [7, 11) is 0. The molecule has 8 aromatic rings. The molecule has 0 radical (unpaired) electrons. The third-order valence-corrected chi connectivity index (χ3v) is 17.2. The van der Waals surface area contributed by atoms with E-state index in [1.165, 1.54) is 54.4 Å². The minimum absolute atomic E-state index is 0.130. The second-order valence-corrected chi connectivity index (χ2v) is 20.0. The van der Waals surface area contributed by atoms with Crippen LogP contribution in [0.2, 0.25) is 0 Å². The van der Waals surface area contributed by atoms with E-state index in [2.05, 4.69) is 217 Å². The van der Waals surface area contributed by atoms with Gasteiger partial charge in [0.15, 0.2) is 0 Å². The molecule has 5 aliphatic rings. The van der Waals surface area contributed by atoms with Gasteiger partial charge in [-0.1, -0.05) is 111 Å². The maximum Gasteiger partial charge on any atom is 0.135 e. The Balaban J connectivity index is 0.909. The molecule has 290 valence electrons. The zero-order chi connectivity index (χ0) is 39.7. The number of rotatable bonds is 5. The highest BCUT2D eigenvalue weighted by Crippen LogP contribution is 2.66. The molecule has 13 rings (SSSR count). The number of furan rings is 1. The minimum atomic E-state index is 0.130. The molecule has 0 amide bonds. The fourth-order valence-electron chi connectivity index (χ4n) is 11.2. The van der Waals surface area contributed by atoms with Gasteiger partial charge in [0.1, 0.15) is 11.2 Å². The van der Waals surface area contributed by atoms with Crippen LogP contribution in [0.1, 0.15) is 54.6 Å². The highest BCUT2D eigenvalue weighted by molar-refractivity contribution is 8.04. The molecule has 0 spiro atoms. The molecule has 7 aromatic carbocycles. The average Bonchev–Trinajstić information content (AvgIpc) is 4.08. The Labute approximate surface area is 359 Å². The normalized spacial score (nSPS) is 22.6. The van der Waals surface area contributed by atoms with Gasteiger partial charge in [-0.05, 0) is 136 Å². The molecule has 5 unspecified atom stereocenters. The molecule has 0 N–H and O–H groups in total. The standard InChI is InChI=1S/C55H42N2OS2/c1-55(2)45-15-7-3-11-39(45)43-31-34(21-29-46(43)55)33-19-22-35(23-20-33)56(38-28-30-48-44(32-38)40-12-4-8-16-47(40)58-48)36-24-26-37(27-25-36)57-51-41-13-5-9-17-49(41)59-53(51)54-52(57)42-14-6-10-18-50(42)60-54/h3-14,16-32,45,51-54H,15H2,1-2H3. The van der Waals surface area contributed by atoms with Crippen LogP contribution in [0.5, 0.6) is 0 Å². The monoisotopic (exact) mass is 810 g/mol. The van der Waals surface area contributed by atoms with Gasteiger partial charge in [0.25, 0.3) is 0 Å². The van der Waals surface area contributed by atoms with Gasteiger partial charge in [0, 0.05) is 53.8 Å². The molecule has 0 bridgehead atoms. The Hall–Kier alpha value is -5.88. The summed E-state index contributed by atoms with van der Waals surface area (Å²) in [6, 6.07) is 59.5. The van der Waals surface area contributed by atoms with E-state index in [0.29, 0.717) is 28.5 Å². The van der Waals surface area contributed by atoms with E-state index < -0.39 is 0 Å². The molecule has 4 heterocycles. The number of hydrogen-bond acceptors (Lipinski definition) is 5. The highest BCUT2D eigenvalue weighted by Gasteiger charge is 2.57. The molecule has 3 nitrogen and oxygen atoms in total. The summed E-state index contributed by atoms with van der Waals surface area (Å²) in [5.74, 6) is 0.536. The number of thioether (sulfide) groups is 2. The fourth-order valence-corrected chi connectivity index (χ4v) is 14.5. The van der Waals surface area contributed by atoms with Crippen LogP contribution in [0.4, 0.5) is 22.7 Å². The predicted octanol–water partition coefficient (Wildman–Crippen LogP) is 15.2. The van der Waals surface area contributed by atoms with E-state index >= 15 is 0 Å². The van der Waals surface area contributed by atoms with Crippen LogP contribution >= 0.6 is 23.5 Å². The summed E-state index contributed by atoms with van der Waals surface area (Å²) in [6.45, 7) is 4.82. The van der Waals surface area contributed by atoms with Gasteiger partial charge in [-0.3, -0.25) is 0 Å². The number of hydrogen-bond donors (Lipinski definition) is 0. The molecule has 1 saturated heterocycles. The summed E-state index contributed by atoms with van der Waals surface area (Å²) < 4.78 is 6.30. The predicted molar refractivity (Wildman–Crippen MR) is 252 cm³/mol. The smallest absolute Gasteiger partial charge is 0.135 e. The van der Waals surface area contributed by atoms with Crippen LogP contribution in [0.25, 0.3) is 38.6 Å². The quantitative estimate of drug-likeness (QED) is 0.172. The van der Waals surface area contributed by atoms with E-state index in [9.17, 15) is 0 Å². The Morgan fingerprint density at radius 3 is 1.95 bits per heavy atom. The average molecular weight is 811 g/mol. The molecule has 1 fully saturated rings. The first kappa shape index (κ1) is 34.9. The Morgan fingerprint density at radius 1 is 0.600 bits per heavy atom. The zero-order valence-electron chi connectivity index (χ0n) is 33.5.